The molecule has 3 fully saturated rings. The Balaban J connectivity index is 0.654. The normalized spacial score (nSPS) is 17.0. The number of fused-ring (bicyclic) bond motifs is 1. The maximum Gasteiger partial charge on any atom is 0.258 e. The highest BCUT2D eigenvalue weighted by Crippen LogP contribution is 2.32. The quantitative estimate of drug-likeness (QED) is 0.0317. The van der Waals surface area contributed by atoms with Gasteiger partial charge in [0.25, 0.3) is 5.91 Å². The first kappa shape index (κ1) is 62.1. The highest BCUT2D eigenvalue weighted by Gasteiger charge is 2.44. The van der Waals surface area contributed by atoms with Gasteiger partial charge in [0.05, 0.1) is 79.3 Å². The Kier molecular flexibility index (Phi) is 21.3. The Morgan fingerprint density at radius 3 is 2.19 bits per heavy atom. The van der Waals surface area contributed by atoms with Gasteiger partial charge in [-0.05, 0) is 96.3 Å². The predicted octanol–water partition coefficient (Wildman–Crippen LogP) is 6.99. The number of aromatic nitrogens is 3. The number of aryl methyl sites for hydroxylation is 1. The van der Waals surface area contributed by atoms with E-state index in [2.05, 4.69) is 41.3 Å². The summed E-state index contributed by atoms with van der Waals surface area (Å²) in [7, 11) is 0. The number of ether oxygens (including phenoxy) is 4. The number of β-amino-alcohol motifs (C(OH)–C–C–N with tert-alkyl or cyclic N) is 1. The number of benzene rings is 4. The lowest BCUT2D eigenvalue weighted by molar-refractivity contribution is -0.144. The van der Waals surface area contributed by atoms with Crippen LogP contribution in [0.25, 0.3) is 21.3 Å². The number of hydrogen-bond acceptors (Lipinski definition) is 15. The topological polar surface area (TPSA) is 242 Å². The van der Waals surface area contributed by atoms with Crippen LogP contribution >= 0.6 is 11.3 Å². The Morgan fingerprint density at radius 2 is 1.51 bits per heavy atom. The van der Waals surface area contributed by atoms with E-state index in [0.29, 0.717) is 72.9 Å². The molecule has 3 aliphatic heterocycles. The number of hydrogen-bond donors (Lipinski definition) is 6. The molecule has 2 aromatic heterocycles. The van der Waals surface area contributed by atoms with Gasteiger partial charge in [-0.15, -0.1) is 11.3 Å². The fourth-order valence-corrected chi connectivity index (χ4v) is 11.6. The van der Waals surface area contributed by atoms with Crippen LogP contribution < -0.4 is 26.2 Å². The largest absolute Gasteiger partial charge is 0.391 e. The molecule has 23 heteroatoms. The number of amides is 5. The van der Waals surface area contributed by atoms with Crippen LogP contribution in [0.4, 0.5) is 26.0 Å². The smallest absolute Gasteiger partial charge is 0.258 e. The third-order valence-electron chi connectivity index (χ3n) is 15.4. The molecule has 5 amide bonds. The van der Waals surface area contributed by atoms with Crippen molar-refractivity contribution in [2.45, 2.75) is 97.0 Å². The van der Waals surface area contributed by atoms with E-state index >= 15 is 0 Å². The van der Waals surface area contributed by atoms with Gasteiger partial charge in [-0.25, -0.2) is 13.8 Å². The van der Waals surface area contributed by atoms with Crippen molar-refractivity contribution in [1.82, 2.24) is 35.6 Å². The molecule has 6 aromatic rings. The van der Waals surface area contributed by atoms with Gasteiger partial charge < -0.3 is 60.0 Å². The lowest BCUT2D eigenvalue weighted by Gasteiger charge is -2.36. The number of thiazole rings is 1. The first-order valence-electron chi connectivity index (χ1n) is 29.0. The highest BCUT2D eigenvalue weighted by atomic mass is 32.1. The maximum absolute atomic E-state index is 14.0. The van der Waals surface area contributed by atoms with E-state index in [1.54, 1.807) is 22.9 Å². The number of likely N-dealkylation sites (tertiary alicyclic amines) is 1. The molecule has 3 aliphatic rings. The summed E-state index contributed by atoms with van der Waals surface area (Å²) in [6, 6.07) is 20.7. The van der Waals surface area contributed by atoms with Gasteiger partial charge in [0.2, 0.25) is 23.6 Å². The van der Waals surface area contributed by atoms with Crippen molar-refractivity contribution in [3.05, 3.63) is 124 Å². The molecule has 3 saturated heterocycles. The van der Waals surface area contributed by atoms with Crippen LogP contribution in [-0.2, 0) is 51.1 Å². The number of nitrogens with one attached hydrogen (secondary N) is 5. The van der Waals surface area contributed by atoms with Crippen molar-refractivity contribution in [3.63, 3.8) is 0 Å². The van der Waals surface area contributed by atoms with E-state index in [1.807, 2.05) is 87.2 Å². The molecule has 5 heterocycles. The van der Waals surface area contributed by atoms with E-state index in [1.165, 1.54) is 17.0 Å². The first-order chi connectivity index (χ1) is 40.9. The maximum atomic E-state index is 14.0. The summed E-state index contributed by atoms with van der Waals surface area (Å²) in [6.45, 7) is 12.5. The van der Waals surface area contributed by atoms with Crippen molar-refractivity contribution in [3.8, 4) is 10.4 Å². The lowest BCUT2D eigenvalue weighted by Crippen LogP contribution is -2.57. The van der Waals surface area contributed by atoms with E-state index in [0.717, 1.165) is 51.9 Å². The molecule has 85 heavy (non-hydrogen) atoms. The Bertz CT molecular complexity index is 3250. The monoisotopic (exact) mass is 1190 g/mol. The van der Waals surface area contributed by atoms with Crippen LogP contribution in [0.3, 0.4) is 0 Å². The Morgan fingerprint density at radius 1 is 0.824 bits per heavy atom. The average Bonchev–Trinajstić information content (AvgIpc) is 4.44. The van der Waals surface area contributed by atoms with Crippen LogP contribution in [-0.4, -0.2) is 169 Å². The van der Waals surface area contributed by atoms with Gasteiger partial charge in [0.15, 0.2) is 5.82 Å². The number of H-pyrrole nitrogens is 1. The molecule has 1 unspecified atom stereocenters. The van der Waals surface area contributed by atoms with Crippen molar-refractivity contribution in [2.24, 2.45) is 5.41 Å². The van der Waals surface area contributed by atoms with Gasteiger partial charge in [0, 0.05) is 94.2 Å². The van der Waals surface area contributed by atoms with Crippen LogP contribution in [0.2, 0.25) is 0 Å². The third-order valence-corrected chi connectivity index (χ3v) is 16.4. The number of carbonyl (C=O) groups is 5. The van der Waals surface area contributed by atoms with Crippen LogP contribution in [0.1, 0.15) is 85.6 Å². The lowest BCUT2D eigenvalue weighted by atomic mass is 9.85. The number of piperazine rings is 1. The zero-order chi connectivity index (χ0) is 60.0. The minimum absolute atomic E-state index is 0.00709. The van der Waals surface area contributed by atoms with E-state index in [9.17, 15) is 37.9 Å². The minimum Gasteiger partial charge on any atom is -0.391 e. The molecule has 0 saturated carbocycles. The Labute approximate surface area is 497 Å². The Hall–Kier alpha value is -7.41. The third kappa shape index (κ3) is 16.9. The molecule has 0 aliphatic carbocycles. The van der Waals surface area contributed by atoms with Crippen molar-refractivity contribution < 1.29 is 56.8 Å². The highest BCUT2D eigenvalue weighted by molar-refractivity contribution is 7.13. The summed E-state index contributed by atoms with van der Waals surface area (Å²) in [5.41, 5.74) is 7.96. The number of aliphatic hydroxyl groups excluding tert-OH is 1. The number of aromatic amines is 1. The summed E-state index contributed by atoms with van der Waals surface area (Å²) in [6.07, 6.45) is 1.26. The number of carbonyl (C=O) groups excluding carboxylic acids is 5. The fourth-order valence-electron chi connectivity index (χ4n) is 10.8. The number of anilines is 3. The van der Waals surface area contributed by atoms with E-state index in [4.69, 9.17) is 18.9 Å². The van der Waals surface area contributed by atoms with Crippen LogP contribution in [0.5, 0.6) is 0 Å². The van der Waals surface area contributed by atoms with Gasteiger partial charge in [-0.1, -0.05) is 51.1 Å². The molecule has 0 radical (unpaired) electrons. The average molecular weight is 1190 g/mol. The second-order valence-electron chi connectivity index (χ2n) is 22.8. The van der Waals surface area contributed by atoms with Crippen molar-refractivity contribution >= 4 is 69.0 Å². The SMILES string of the molecule is Cc1ncsc1-c1ccc(CNC(=O)[C@@H]2C[C@@H](O)CN2C(=O)C(NC(=O)CCOCCOCCOCCC(=O)N2CCN(c3ccc(C(=O)Nc4n[nH]c5ccc(Cc6cc(F)cc(F)c6)cc45)c(NC4CCOCC4)c3)CC2)C(C)(C)C)cc1. The zero-order valence-corrected chi connectivity index (χ0v) is 49.4. The predicted molar refractivity (Wildman–Crippen MR) is 319 cm³/mol. The van der Waals surface area contributed by atoms with Gasteiger partial charge in [-0.3, -0.25) is 29.1 Å². The molecular formula is C62H76F2N10O10S. The summed E-state index contributed by atoms with van der Waals surface area (Å²) in [4.78, 5) is 78.7. The number of aliphatic hydroxyl groups is 1. The second-order valence-corrected chi connectivity index (χ2v) is 23.6. The zero-order valence-electron chi connectivity index (χ0n) is 48.6. The molecule has 3 atom stereocenters. The number of rotatable bonds is 25. The summed E-state index contributed by atoms with van der Waals surface area (Å²) in [5.74, 6) is -2.55. The molecule has 20 nitrogen and oxygen atoms in total. The molecular weight excluding hydrogens is 1110 g/mol. The van der Waals surface area contributed by atoms with E-state index < -0.39 is 41.1 Å². The van der Waals surface area contributed by atoms with Gasteiger partial charge in [0.1, 0.15) is 23.7 Å². The molecule has 9 rings (SSSR count). The summed E-state index contributed by atoms with van der Waals surface area (Å²) >= 11 is 1.56. The van der Waals surface area contributed by atoms with Gasteiger partial charge >= 0.3 is 0 Å². The molecule has 0 bridgehead atoms. The molecule has 4 aromatic carbocycles. The van der Waals surface area contributed by atoms with E-state index in [-0.39, 0.29) is 108 Å². The minimum atomic E-state index is -0.958. The van der Waals surface area contributed by atoms with Gasteiger partial charge in [-0.2, -0.15) is 5.10 Å². The molecule has 6 N–H and O–H groups in total. The summed E-state index contributed by atoms with van der Waals surface area (Å²) in [5, 5.41) is 31.0. The summed E-state index contributed by atoms with van der Waals surface area (Å²) < 4.78 is 50.5. The van der Waals surface area contributed by atoms with Crippen molar-refractivity contribution in [2.75, 3.05) is 101 Å². The van der Waals surface area contributed by atoms with Crippen LogP contribution in [0, 0.1) is 24.0 Å². The molecule has 454 valence electrons. The first-order valence-corrected chi connectivity index (χ1v) is 29.9. The number of halogens is 2. The fraction of sp³-hybridized carbons (Fsp3) is 0.468. The second kappa shape index (κ2) is 29.1. The number of nitrogens with zero attached hydrogens (tertiary/aromatic N) is 5. The molecule has 0 spiro atoms. The van der Waals surface area contributed by atoms with Crippen LogP contribution in [0.15, 0.2) is 84.4 Å². The van der Waals surface area contributed by atoms with Crippen molar-refractivity contribution in [1.29, 1.82) is 0 Å². The standard InChI is InChI=1S/C62H76F2N10O10S/c1-39-56(85-38-66-39)43-8-5-40(6-9-43)36-65-60(79)53-35-48(75)37-74(53)61(80)57(62(2,3)4)68-54(76)15-23-82-25-27-84-28-26-83-24-16-55(77)73-19-17-72(18-20-73)47-10-11-49(52(34-47)67-46-13-21-81-22-14-46)59(78)69-58-50-32-41(7-12-51(50)70-71-58)29-42-30-44(63)33-45(64)31-42/h5-12,30-34,38,46,48,53,57,67,75H,13-29,35-37H2,1-4H3,(H,65,79)(H,68,76)(H2,69,70,71,78)/t48-,53+,57?/m1/s1.